The number of alkyl halides is 6. The maximum atomic E-state index is 14.0. The fourth-order valence-corrected chi connectivity index (χ4v) is 9.37. The molecule has 29 nitrogen and oxygen atoms in total. The Labute approximate surface area is 626 Å². The number of nitrogens with one attached hydrogen (secondary N) is 4. The van der Waals surface area contributed by atoms with Gasteiger partial charge in [0.05, 0.1) is 242 Å². The Morgan fingerprint density at radius 2 is 0.654 bits per heavy atom. The van der Waals surface area contributed by atoms with Gasteiger partial charge >= 0.3 is 24.4 Å². The van der Waals surface area contributed by atoms with Crippen molar-refractivity contribution in [2.45, 2.75) is 63.7 Å². The molecule has 0 bridgehead atoms. The van der Waals surface area contributed by atoms with E-state index < -0.39 is 46.6 Å². The van der Waals surface area contributed by atoms with Gasteiger partial charge in [0.15, 0.2) is 0 Å². The molecule has 1 heterocycles. The predicted molar refractivity (Wildman–Crippen MR) is 386 cm³/mol. The summed E-state index contributed by atoms with van der Waals surface area (Å²) in [6.45, 7) is 16.8. The molecular formula is C72H120F6N6O23. The number of aromatic nitrogens is 1. The van der Waals surface area contributed by atoms with Crippen molar-refractivity contribution in [2.75, 3.05) is 314 Å². The molecule has 0 unspecified atom stereocenters. The largest absolute Gasteiger partial charge is 0.491 e. The molecule has 4 N–H and O–H groups in total. The molecule has 0 aliphatic heterocycles. The molecule has 3 rings (SSSR count). The third kappa shape index (κ3) is 54.1. The number of nitrogens with zero attached hydrogens (tertiary/aromatic N) is 2. The van der Waals surface area contributed by atoms with Crippen LogP contribution in [0.1, 0.15) is 62.6 Å². The zero-order valence-electron chi connectivity index (χ0n) is 62.9. The van der Waals surface area contributed by atoms with Crippen LogP contribution in [-0.2, 0) is 107 Å². The van der Waals surface area contributed by atoms with Gasteiger partial charge in [-0.25, -0.2) is 14.6 Å². The number of rotatable bonds is 75. The monoisotopic (exact) mass is 1550 g/mol. The fourth-order valence-electron chi connectivity index (χ4n) is 9.37. The van der Waals surface area contributed by atoms with Gasteiger partial charge in [-0.1, -0.05) is 31.7 Å². The predicted octanol–water partition coefficient (Wildman–Crippen LogP) is 8.74. The van der Waals surface area contributed by atoms with Gasteiger partial charge in [0, 0.05) is 95.3 Å². The minimum atomic E-state index is -5.12. The molecule has 0 fully saturated rings. The molecule has 2 aromatic carbocycles. The van der Waals surface area contributed by atoms with Crippen LogP contribution < -0.4 is 30.9 Å². The second-order valence-electron chi connectivity index (χ2n) is 23.3. The van der Waals surface area contributed by atoms with Crippen molar-refractivity contribution in [3.8, 4) is 5.75 Å². The van der Waals surface area contributed by atoms with Gasteiger partial charge in [0.2, 0.25) is 0 Å². The third-order valence-electron chi connectivity index (χ3n) is 14.8. The summed E-state index contributed by atoms with van der Waals surface area (Å²) in [5, 5.41) is 10.9. The van der Waals surface area contributed by atoms with Crippen LogP contribution in [0, 0.1) is 0 Å². The molecule has 4 amide bonds. The molecule has 618 valence electrons. The molecule has 107 heavy (non-hydrogen) atoms. The SMILES string of the molecule is COCCOCCOCCOCCOCCOCCOCCCCCCNC(=O)Nc1cc(NC(=O)NCCCCCCOCCOCCOCCOCCOCCOCCOC)cc(OCCOCCOCCN(CCOCCOCCOCCOC)c2ccc3c(C(F)(F)F)cc(C(F)(F)F)nc3c2)c1. The first kappa shape index (κ1) is 96.0. The Balaban J connectivity index is 1.40. The van der Waals surface area contributed by atoms with E-state index in [-0.39, 0.29) is 72.0 Å². The Bertz CT molecular complexity index is 2520. The van der Waals surface area contributed by atoms with E-state index in [2.05, 4.69) is 26.3 Å². The summed E-state index contributed by atoms with van der Waals surface area (Å²) >= 11 is 0. The number of amides is 4. The lowest BCUT2D eigenvalue weighted by atomic mass is 10.1. The van der Waals surface area contributed by atoms with E-state index in [1.165, 1.54) is 12.1 Å². The average molecular weight is 1550 g/mol. The van der Waals surface area contributed by atoms with Crippen molar-refractivity contribution in [1.82, 2.24) is 15.6 Å². The molecule has 0 saturated heterocycles. The van der Waals surface area contributed by atoms with Crippen LogP contribution >= 0.6 is 0 Å². The van der Waals surface area contributed by atoms with Crippen molar-refractivity contribution in [3.63, 3.8) is 0 Å². The van der Waals surface area contributed by atoms with E-state index >= 15 is 0 Å². The first-order chi connectivity index (χ1) is 52.2. The number of urea groups is 2. The number of methoxy groups -OCH3 is 3. The van der Waals surface area contributed by atoms with Crippen LogP contribution in [0.2, 0.25) is 0 Å². The number of hydrogen-bond donors (Lipinski definition) is 4. The minimum absolute atomic E-state index is 0.0134. The quantitative estimate of drug-likeness (QED) is 0.0303. The number of benzene rings is 2. The third-order valence-corrected chi connectivity index (χ3v) is 14.8. The second-order valence-corrected chi connectivity index (χ2v) is 23.3. The second kappa shape index (κ2) is 66.5. The Morgan fingerprint density at radius 3 is 0.981 bits per heavy atom. The van der Waals surface area contributed by atoms with Gasteiger partial charge in [-0.05, 0) is 49.9 Å². The van der Waals surface area contributed by atoms with Crippen LogP contribution in [-0.4, -0.2) is 316 Å². The fraction of sp³-hybridized carbons (Fsp3) is 0.764. The molecular weight excluding hydrogens is 1430 g/mol. The molecule has 0 aliphatic rings. The average Bonchev–Trinajstić information content (AvgIpc) is 0.768. The maximum absolute atomic E-state index is 14.0. The minimum Gasteiger partial charge on any atom is -0.491 e. The zero-order valence-corrected chi connectivity index (χ0v) is 62.9. The summed E-state index contributed by atoms with van der Waals surface area (Å²) in [5.41, 5.74) is -2.58. The molecule has 3 aromatic rings. The Morgan fingerprint density at radius 1 is 0.346 bits per heavy atom. The highest BCUT2D eigenvalue weighted by atomic mass is 19.4. The van der Waals surface area contributed by atoms with Gasteiger partial charge in [-0.2, -0.15) is 26.3 Å². The summed E-state index contributed by atoms with van der Waals surface area (Å²) in [6, 6.07) is 7.63. The number of unbranched alkanes of at least 4 members (excludes halogenated alkanes) is 6. The zero-order chi connectivity index (χ0) is 77.0. The lowest BCUT2D eigenvalue weighted by molar-refractivity contribution is -0.144. The van der Waals surface area contributed by atoms with E-state index in [9.17, 15) is 35.9 Å². The van der Waals surface area contributed by atoms with Gasteiger partial charge in [0.1, 0.15) is 18.1 Å². The summed E-state index contributed by atoms with van der Waals surface area (Å²) < 4.78 is 199. The molecule has 0 saturated carbocycles. The number of fused-ring (bicyclic) bond motifs is 1. The van der Waals surface area contributed by atoms with Crippen molar-refractivity contribution in [3.05, 3.63) is 53.7 Å². The van der Waals surface area contributed by atoms with Crippen LogP contribution in [0.4, 0.5) is 53.0 Å². The first-order valence-corrected chi connectivity index (χ1v) is 36.7. The van der Waals surface area contributed by atoms with Crippen LogP contribution in [0.3, 0.4) is 0 Å². The van der Waals surface area contributed by atoms with Crippen molar-refractivity contribution in [2.24, 2.45) is 0 Å². The Hall–Kier alpha value is -5.23. The summed E-state index contributed by atoms with van der Waals surface area (Å²) in [4.78, 5) is 31.5. The van der Waals surface area contributed by atoms with E-state index in [0.717, 1.165) is 57.4 Å². The molecule has 0 atom stereocenters. The van der Waals surface area contributed by atoms with Crippen LogP contribution in [0.25, 0.3) is 10.9 Å². The molecule has 35 heteroatoms. The number of hydrogen-bond acceptors (Lipinski definition) is 25. The lowest BCUT2D eigenvalue weighted by Crippen LogP contribution is -2.31. The van der Waals surface area contributed by atoms with Crippen molar-refractivity contribution < 1.29 is 135 Å². The summed E-state index contributed by atoms with van der Waals surface area (Å²) in [7, 11) is 4.82. The maximum Gasteiger partial charge on any atom is 0.433 e. The van der Waals surface area contributed by atoms with E-state index in [4.69, 9.17) is 99.5 Å². The summed E-state index contributed by atoms with van der Waals surface area (Å²) in [6.07, 6.45) is -3.44. The van der Waals surface area contributed by atoms with E-state index in [1.54, 1.807) is 44.4 Å². The molecule has 0 spiro atoms. The van der Waals surface area contributed by atoms with Gasteiger partial charge in [0.25, 0.3) is 0 Å². The number of halogens is 6. The number of anilines is 3. The number of carbonyl (C=O) groups is 2. The van der Waals surface area contributed by atoms with Gasteiger partial charge < -0.3 is 126 Å². The standard InChI is InChI=1S/C72H120F6N6O23/c1-87-22-25-94-36-39-99-34-30-92-20-16-84(63-12-13-65-66(71(73,74)75)60-68(72(76,77)78)83-67(65)59-63)17-21-93-31-35-106-54-55-107-64-57-61(81-69(85)79-14-8-4-6-10-18-90-28-32-97-42-44-102-50-52-104-48-46-100-40-37-95-26-23-88-2)56-62(58-64)82-70(86)80-15-9-5-7-11-19-91-29-33-98-43-45-103-51-53-105-49-47-101-41-38-96-27-24-89-3/h12-13,56-60H,4-11,14-55H2,1-3H3,(H2,79,81,85)(H2,80,82,86). The highest BCUT2D eigenvalue weighted by Gasteiger charge is 2.39. The highest BCUT2D eigenvalue weighted by Crippen LogP contribution is 2.39. The molecule has 1 aromatic heterocycles. The topological polar surface area (TPSA) is 292 Å². The number of carbonyl (C=O) groups excluding carboxylic acids is 2. The van der Waals surface area contributed by atoms with Crippen molar-refractivity contribution >= 4 is 40.0 Å². The van der Waals surface area contributed by atoms with Crippen molar-refractivity contribution in [1.29, 1.82) is 0 Å². The van der Waals surface area contributed by atoms with E-state index in [1.807, 2.05) is 0 Å². The number of pyridine rings is 1. The van der Waals surface area contributed by atoms with Crippen LogP contribution in [0.15, 0.2) is 42.5 Å². The van der Waals surface area contributed by atoms with Gasteiger partial charge in [-0.15, -0.1) is 0 Å². The summed E-state index contributed by atoms with van der Waals surface area (Å²) in [5.74, 6) is 0.329. The Kier molecular flexibility index (Phi) is 59.7. The lowest BCUT2D eigenvalue weighted by Gasteiger charge is -2.25. The highest BCUT2D eigenvalue weighted by molar-refractivity contribution is 5.93. The van der Waals surface area contributed by atoms with Gasteiger partial charge in [-0.3, -0.25) is 0 Å². The molecule has 0 aliphatic carbocycles. The normalized spacial score (nSPS) is 11.9. The smallest absolute Gasteiger partial charge is 0.433 e. The molecule has 0 radical (unpaired) electrons. The van der Waals surface area contributed by atoms with E-state index in [0.29, 0.717) is 234 Å². The number of ether oxygens (including phenoxy) is 21. The first-order valence-electron chi connectivity index (χ1n) is 36.7. The van der Waals surface area contributed by atoms with Crippen LogP contribution in [0.5, 0.6) is 5.75 Å².